The average Bonchev–Trinajstić information content (AvgIpc) is 2.30. The van der Waals surface area contributed by atoms with Crippen LogP contribution in [0.4, 0.5) is 18.9 Å². The minimum absolute atomic E-state index is 0.0387. The summed E-state index contributed by atoms with van der Waals surface area (Å²) in [6.07, 6.45) is 0. The molecule has 0 fully saturated rings. The standard InChI is InChI=1S/C13H10F3NO/c14-10-4-2-1-3-8(10)7-18-13-11(15)5-9(17)6-12(13)16/h1-6H,7,17H2. The first kappa shape index (κ1) is 12.3. The lowest BCUT2D eigenvalue weighted by molar-refractivity contribution is 0.269. The van der Waals surface area contributed by atoms with Crippen LogP contribution in [0.1, 0.15) is 5.56 Å². The third-order valence-corrected chi connectivity index (χ3v) is 2.35. The monoisotopic (exact) mass is 253 g/mol. The Morgan fingerprint density at radius 3 is 2.17 bits per heavy atom. The Balaban J connectivity index is 2.19. The lowest BCUT2D eigenvalue weighted by Crippen LogP contribution is -2.02. The molecule has 0 saturated carbocycles. The van der Waals surface area contributed by atoms with Crippen LogP contribution in [0.2, 0.25) is 0 Å². The van der Waals surface area contributed by atoms with Gasteiger partial charge >= 0.3 is 0 Å². The van der Waals surface area contributed by atoms with Crippen LogP contribution in [0, 0.1) is 17.5 Å². The van der Waals surface area contributed by atoms with Gasteiger partial charge in [0.15, 0.2) is 17.4 Å². The lowest BCUT2D eigenvalue weighted by Gasteiger charge is -2.09. The van der Waals surface area contributed by atoms with Gasteiger partial charge in [-0.15, -0.1) is 0 Å². The van der Waals surface area contributed by atoms with Crippen molar-refractivity contribution in [1.29, 1.82) is 0 Å². The molecule has 0 aliphatic carbocycles. The second-order valence-corrected chi connectivity index (χ2v) is 3.69. The van der Waals surface area contributed by atoms with E-state index in [0.717, 1.165) is 12.1 Å². The summed E-state index contributed by atoms with van der Waals surface area (Å²) in [4.78, 5) is 0. The molecule has 2 aromatic carbocycles. The van der Waals surface area contributed by atoms with Crippen molar-refractivity contribution in [3.63, 3.8) is 0 Å². The summed E-state index contributed by atoms with van der Waals surface area (Å²) in [6, 6.07) is 7.73. The van der Waals surface area contributed by atoms with Gasteiger partial charge in [0.25, 0.3) is 0 Å². The van der Waals surface area contributed by atoms with Gasteiger partial charge in [-0.1, -0.05) is 18.2 Å². The number of ether oxygens (including phenoxy) is 1. The summed E-state index contributed by atoms with van der Waals surface area (Å²) >= 11 is 0. The van der Waals surface area contributed by atoms with E-state index < -0.39 is 23.2 Å². The Bertz CT molecular complexity index is 549. The summed E-state index contributed by atoms with van der Waals surface area (Å²) < 4.78 is 45.0. The van der Waals surface area contributed by atoms with E-state index in [4.69, 9.17) is 10.5 Å². The number of nitrogen functional groups attached to an aromatic ring is 1. The molecule has 2 aromatic rings. The summed E-state index contributed by atoms with van der Waals surface area (Å²) in [6.45, 7) is -0.259. The fourth-order valence-corrected chi connectivity index (χ4v) is 1.48. The quantitative estimate of drug-likeness (QED) is 0.852. The molecular formula is C13H10F3NO. The van der Waals surface area contributed by atoms with Crippen LogP contribution in [0.15, 0.2) is 36.4 Å². The van der Waals surface area contributed by atoms with E-state index in [0.29, 0.717) is 0 Å². The molecule has 0 aliphatic heterocycles. The molecular weight excluding hydrogens is 243 g/mol. The molecule has 0 unspecified atom stereocenters. The van der Waals surface area contributed by atoms with Crippen molar-refractivity contribution in [3.05, 3.63) is 59.4 Å². The van der Waals surface area contributed by atoms with Gasteiger partial charge in [0.1, 0.15) is 12.4 Å². The van der Waals surface area contributed by atoms with Gasteiger partial charge in [-0.3, -0.25) is 0 Å². The third-order valence-electron chi connectivity index (χ3n) is 2.35. The van der Waals surface area contributed by atoms with Crippen molar-refractivity contribution < 1.29 is 17.9 Å². The maximum absolute atomic E-state index is 13.4. The zero-order valence-electron chi connectivity index (χ0n) is 9.29. The van der Waals surface area contributed by atoms with Crippen LogP contribution in [0.3, 0.4) is 0 Å². The van der Waals surface area contributed by atoms with Crippen LogP contribution >= 0.6 is 0 Å². The first-order chi connectivity index (χ1) is 8.58. The molecule has 0 radical (unpaired) electrons. The van der Waals surface area contributed by atoms with Gasteiger partial charge in [0.05, 0.1) is 0 Å². The largest absolute Gasteiger partial charge is 0.483 e. The van der Waals surface area contributed by atoms with Crippen molar-refractivity contribution in [2.45, 2.75) is 6.61 Å². The van der Waals surface area contributed by atoms with Gasteiger partial charge in [-0.25, -0.2) is 13.2 Å². The van der Waals surface area contributed by atoms with Crippen LogP contribution in [-0.4, -0.2) is 0 Å². The Morgan fingerprint density at radius 2 is 1.56 bits per heavy atom. The molecule has 0 bridgehead atoms. The Labute approximate surface area is 102 Å². The number of halogens is 3. The second kappa shape index (κ2) is 5.00. The predicted octanol–water partition coefficient (Wildman–Crippen LogP) is 3.27. The molecule has 0 atom stereocenters. The van der Waals surface area contributed by atoms with Crippen molar-refractivity contribution in [2.75, 3.05) is 5.73 Å². The van der Waals surface area contributed by atoms with E-state index in [1.807, 2.05) is 0 Å². The Morgan fingerprint density at radius 1 is 0.944 bits per heavy atom. The van der Waals surface area contributed by atoms with Gasteiger partial charge in [-0.2, -0.15) is 0 Å². The maximum atomic E-state index is 13.4. The fourth-order valence-electron chi connectivity index (χ4n) is 1.48. The normalized spacial score (nSPS) is 10.4. The topological polar surface area (TPSA) is 35.2 Å². The molecule has 0 aromatic heterocycles. The van der Waals surface area contributed by atoms with E-state index >= 15 is 0 Å². The van der Waals surface area contributed by atoms with Crippen molar-refractivity contribution in [1.82, 2.24) is 0 Å². The SMILES string of the molecule is Nc1cc(F)c(OCc2ccccc2F)c(F)c1. The van der Waals surface area contributed by atoms with E-state index in [1.165, 1.54) is 18.2 Å². The summed E-state index contributed by atoms with van der Waals surface area (Å²) in [5.74, 6) is -2.88. The Hall–Kier alpha value is -2.17. The molecule has 0 heterocycles. The molecule has 0 aliphatic rings. The highest BCUT2D eigenvalue weighted by Gasteiger charge is 2.12. The van der Waals surface area contributed by atoms with Gasteiger partial charge < -0.3 is 10.5 Å². The molecule has 0 saturated heterocycles. The molecule has 18 heavy (non-hydrogen) atoms. The number of hydrogen-bond acceptors (Lipinski definition) is 2. The number of anilines is 1. The van der Waals surface area contributed by atoms with Crippen LogP contribution in [0.25, 0.3) is 0 Å². The summed E-state index contributed by atoms with van der Waals surface area (Å²) in [5.41, 5.74) is 5.44. The number of rotatable bonds is 3. The first-order valence-electron chi connectivity index (χ1n) is 5.18. The highest BCUT2D eigenvalue weighted by atomic mass is 19.1. The first-order valence-corrected chi connectivity index (χ1v) is 5.18. The Kier molecular flexibility index (Phi) is 3.41. The minimum atomic E-state index is -0.913. The highest BCUT2D eigenvalue weighted by Crippen LogP contribution is 2.25. The zero-order chi connectivity index (χ0) is 13.1. The third kappa shape index (κ3) is 2.56. The van der Waals surface area contributed by atoms with Crippen molar-refractivity contribution in [2.24, 2.45) is 0 Å². The highest BCUT2D eigenvalue weighted by molar-refractivity contribution is 5.44. The summed E-state index contributed by atoms with van der Waals surface area (Å²) in [5, 5.41) is 0. The van der Waals surface area contributed by atoms with E-state index in [9.17, 15) is 13.2 Å². The molecule has 5 heteroatoms. The molecule has 2 N–H and O–H groups in total. The number of hydrogen-bond donors (Lipinski definition) is 1. The van der Waals surface area contributed by atoms with E-state index in [1.54, 1.807) is 6.07 Å². The van der Waals surface area contributed by atoms with Crippen LogP contribution < -0.4 is 10.5 Å². The van der Waals surface area contributed by atoms with Crippen LogP contribution in [-0.2, 0) is 6.61 Å². The van der Waals surface area contributed by atoms with Crippen molar-refractivity contribution >= 4 is 5.69 Å². The molecule has 2 nitrogen and oxygen atoms in total. The van der Waals surface area contributed by atoms with Crippen molar-refractivity contribution in [3.8, 4) is 5.75 Å². The maximum Gasteiger partial charge on any atom is 0.191 e. The molecule has 0 spiro atoms. The molecule has 2 rings (SSSR count). The van der Waals surface area contributed by atoms with Gasteiger partial charge in [0.2, 0.25) is 0 Å². The minimum Gasteiger partial charge on any atom is -0.483 e. The average molecular weight is 253 g/mol. The van der Waals surface area contributed by atoms with E-state index in [-0.39, 0.29) is 17.9 Å². The number of benzene rings is 2. The predicted molar refractivity (Wildman–Crippen MR) is 61.5 cm³/mol. The van der Waals surface area contributed by atoms with Gasteiger partial charge in [-0.05, 0) is 6.07 Å². The van der Waals surface area contributed by atoms with E-state index in [2.05, 4.69) is 0 Å². The second-order valence-electron chi connectivity index (χ2n) is 3.69. The summed E-state index contributed by atoms with van der Waals surface area (Å²) in [7, 11) is 0. The molecule has 0 amide bonds. The lowest BCUT2D eigenvalue weighted by atomic mass is 10.2. The number of nitrogens with two attached hydrogens (primary N) is 1. The zero-order valence-corrected chi connectivity index (χ0v) is 9.29. The fraction of sp³-hybridized carbons (Fsp3) is 0.0769. The smallest absolute Gasteiger partial charge is 0.191 e. The molecule has 94 valence electrons. The van der Waals surface area contributed by atoms with Crippen LogP contribution in [0.5, 0.6) is 5.75 Å². The van der Waals surface area contributed by atoms with Gasteiger partial charge in [0, 0.05) is 23.4 Å².